The van der Waals surface area contributed by atoms with E-state index in [1.165, 1.54) is 31.6 Å². The average molecular weight is 307 g/mol. The van der Waals surface area contributed by atoms with Gasteiger partial charge in [0.25, 0.3) is 0 Å². The van der Waals surface area contributed by atoms with Crippen LogP contribution in [-0.2, 0) is 11.2 Å². The highest BCUT2D eigenvalue weighted by Gasteiger charge is 2.52. The zero-order valence-electron chi connectivity index (χ0n) is 11.6. The van der Waals surface area contributed by atoms with E-state index < -0.39 is 29.4 Å². The smallest absolute Gasteiger partial charge is 0.226 e. The Morgan fingerprint density at radius 1 is 1.14 bits per heavy atom. The van der Waals surface area contributed by atoms with Crippen LogP contribution in [0.15, 0.2) is 48.8 Å². The zero-order valence-corrected chi connectivity index (χ0v) is 11.6. The molecule has 0 saturated carbocycles. The third-order valence-corrected chi connectivity index (χ3v) is 3.63. The van der Waals surface area contributed by atoms with Crippen molar-refractivity contribution < 1.29 is 13.2 Å². The third kappa shape index (κ3) is 2.20. The summed E-state index contributed by atoms with van der Waals surface area (Å²) < 4.78 is 43.5. The Kier molecular flexibility index (Phi) is 3.31. The van der Waals surface area contributed by atoms with Gasteiger partial charge in [-0.15, -0.1) is 0 Å². The predicted octanol–water partition coefficient (Wildman–Crippen LogP) is 2.45. The van der Waals surface area contributed by atoms with Crippen LogP contribution >= 0.6 is 0 Å². The minimum Gasteiger partial charge on any atom is -0.323 e. The van der Waals surface area contributed by atoms with E-state index in [0.29, 0.717) is 0 Å². The normalized spacial score (nSPS) is 28.4. The van der Waals surface area contributed by atoms with Crippen molar-refractivity contribution in [2.75, 3.05) is 0 Å². The molecule has 0 saturated heterocycles. The fraction of sp³-hybridized carbons (Fsp3) is 0.286. The number of halogens is 3. The second kappa shape index (κ2) is 5.04. The minimum atomic E-state index is -2.39. The van der Waals surface area contributed by atoms with Gasteiger partial charge in [0.15, 0.2) is 5.83 Å². The summed E-state index contributed by atoms with van der Waals surface area (Å²) in [6, 6.07) is 2.84. The number of allylic oxidation sites excluding steroid dienone is 1. The molecule has 0 radical (unpaired) electrons. The third-order valence-electron chi connectivity index (χ3n) is 3.63. The van der Waals surface area contributed by atoms with Crippen LogP contribution in [0.2, 0.25) is 0 Å². The Bertz CT molecular complexity index is 709. The molecule has 1 aliphatic heterocycles. The molecule has 1 aliphatic rings. The van der Waals surface area contributed by atoms with E-state index in [1.54, 1.807) is 6.07 Å². The van der Waals surface area contributed by atoms with Gasteiger partial charge >= 0.3 is 0 Å². The molecule has 8 heteroatoms. The van der Waals surface area contributed by atoms with Crippen LogP contribution in [0, 0.1) is 0 Å². The molecule has 0 aliphatic carbocycles. The fourth-order valence-corrected chi connectivity index (χ4v) is 2.52. The van der Waals surface area contributed by atoms with Crippen molar-refractivity contribution >= 4 is 0 Å². The van der Waals surface area contributed by atoms with Crippen LogP contribution < -0.4 is 5.32 Å². The van der Waals surface area contributed by atoms with Crippen LogP contribution in [-0.4, -0.2) is 19.9 Å². The van der Waals surface area contributed by atoms with Gasteiger partial charge < -0.3 is 5.32 Å². The van der Waals surface area contributed by atoms with E-state index in [4.69, 9.17) is 0 Å². The first-order valence-corrected chi connectivity index (χ1v) is 6.52. The molecule has 3 heterocycles. The summed E-state index contributed by atoms with van der Waals surface area (Å²) in [5.74, 6) is -4.92. The summed E-state index contributed by atoms with van der Waals surface area (Å²) in [7, 11) is 0. The molecular weight excluding hydrogens is 295 g/mol. The molecule has 0 aromatic carbocycles. The van der Waals surface area contributed by atoms with E-state index in [-0.39, 0.29) is 11.5 Å². The lowest BCUT2D eigenvalue weighted by molar-refractivity contribution is 0.0469. The summed E-state index contributed by atoms with van der Waals surface area (Å²) >= 11 is 0. The van der Waals surface area contributed by atoms with Gasteiger partial charge in [0.05, 0.1) is 5.41 Å². The highest BCUT2D eigenvalue weighted by Crippen LogP contribution is 2.47. The van der Waals surface area contributed by atoms with Crippen LogP contribution in [0.3, 0.4) is 0 Å². The van der Waals surface area contributed by atoms with Gasteiger partial charge in [0.2, 0.25) is 11.7 Å². The predicted molar refractivity (Wildman–Crippen MR) is 71.2 cm³/mol. The summed E-state index contributed by atoms with van der Waals surface area (Å²) in [4.78, 5) is 15.4. The Morgan fingerprint density at radius 3 is 2.50 bits per heavy atom. The largest absolute Gasteiger partial charge is 0.323 e. The van der Waals surface area contributed by atoms with Gasteiger partial charge in [0, 0.05) is 25.0 Å². The van der Waals surface area contributed by atoms with Gasteiger partial charge in [-0.1, -0.05) is 0 Å². The summed E-state index contributed by atoms with van der Waals surface area (Å²) in [6.45, 7) is 1.35. The van der Waals surface area contributed by atoms with Crippen LogP contribution in [0.4, 0.5) is 13.2 Å². The minimum absolute atomic E-state index is 0.000214. The van der Waals surface area contributed by atoms with Gasteiger partial charge in [0.1, 0.15) is 17.8 Å². The number of hydrogen-bond acceptors (Lipinski definition) is 5. The molecule has 5 nitrogen and oxygen atoms in total. The maximum atomic E-state index is 15.2. The number of aromatic nitrogens is 4. The summed E-state index contributed by atoms with van der Waals surface area (Å²) in [5.41, 5.74) is -1.73. The molecule has 2 aromatic rings. The molecule has 2 atom stereocenters. The number of nitrogens with zero attached hydrogens (tertiary/aromatic N) is 4. The van der Waals surface area contributed by atoms with Gasteiger partial charge in [-0.3, -0.25) is 0 Å². The Hall–Kier alpha value is -2.51. The topological polar surface area (TPSA) is 63.6 Å². The number of alkyl halides is 1. The lowest BCUT2D eigenvalue weighted by Gasteiger charge is -2.39. The van der Waals surface area contributed by atoms with Crippen molar-refractivity contribution in [3.8, 4) is 0 Å². The first-order valence-electron chi connectivity index (χ1n) is 6.52. The number of rotatable bonds is 2. The standard InChI is InChI=1S/C14H12F3N5/c1-13(12-19-4-2-5-20-12)7-14(17,22-11(16)10(13)15)9-3-6-18-8-21-9/h2-6,8,22H,7H2,1H3. The molecule has 0 bridgehead atoms. The molecule has 0 spiro atoms. The average Bonchev–Trinajstić information content (AvgIpc) is 2.54. The van der Waals surface area contributed by atoms with E-state index >= 15 is 4.39 Å². The van der Waals surface area contributed by atoms with E-state index in [1.807, 2.05) is 5.32 Å². The van der Waals surface area contributed by atoms with Crippen LogP contribution in [0.25, 0.3) is 0 Å². The molecule has 2 aromatic heterocycles. The number of nitrogens with one attached hydrogen (secondary N) is 1. The summed E-state index contributed by atoms with van der Waals surface area (Å²) in [5, 5.41) is 1.91. The highest BCUT2D eigenvalue weighted by atomic mass is 19.2. The number of hydrogen-bond donors (Lipinski definition) is 1. The highest BCUT2D eigenvalue weighted by molar-refractivity contribution is 5.31. The molecule has 22 heavy (non-hydrogen) atoms. The molecule has 3 rings (SSSR count). The van der Waals surface area contributed by atoms with Crippen molar-refractivity contribution in [1.82, 2.24) is 25.3 Å². The molecule has 114 valence electrons. The molecular formula is C14H12F3N5. The van der Waals surface area contributed by atoms with E-state index in [0.717, 1.165) is 6.33 Å². The zero-order chi connectivity index (χ0) is 15.8. The van der Waals surface area contributed by atoms with Gasteiger partial charge in [-0.2, -0.15) is 4.39 Å². The van der Waals surface area contributed by atoms with Crippen molar-refractivity contribution in [3.05, 3.63) is 60.3 Å². The quantitative estimate of drug-likeness (QED) is 0.863. The van der Waals surface area contributed by atoms with Crippen molar-refractivity contribution in [2.24, 2.45) is 0 Å². The summed E-state index contributed by atoms with van der Waals surface area (Å²) in [6.07, 6.45) is 4.81. The lowest BCUT2D eigenvalue weighted by atomic mass is 9.77. The Morgan fingerprint density at radius 2 is 1.86 bits per heavy atom. The van der Waals surface area contributed by atoms with Gasteiger partial charge in [-0.25, -0.2) is 28.7 Å². The van der Waals surface area contributed by atoms with Crippen molar-refractivity contribution in [2.45, 2.75) is 24.6 Å². The lowest BCUT2D eigenvalue weighted by Crippen LogP contribution is -2.49. The van der Waals surface area contributed by atoms with Crippen molar-refractivity contribution in [3.63, 3.8) is 0 Å². The Labute approximate surface area is 124 Å². The maximum absolute atomic E-state index is 15.2. The molecule has 0 fully saturated rings. The first-order chi connectivity index (χ1) is 10.5. The fourth-order valence-electron chi connectivity index (χ4n) is 2.52. The molecule has 1 N–H and O–H groups in total. The van der Waals surface area contributed by atoms with Gasteiger partial charge in [-0.05, 0) is 19.1 Å². The van der Waals surface area contributed by atoms with E-state index in [2.05, 4.69) is 19.9 Å². The molecule has 2 unspecified atom stereocenters. The first kappa shape index (κ1) is 14.4. The maximum Gasteiger partial charge on any atom is 0.226 e. The van der Waals surface area contributed by atoms with Crippen molar-refractivity contribution in [1.29, 1.82) is 0 Å². The SMILES string of the molecule is CC1(c2ncccn2)CC(F)(c2ccncn2)NC(F)=C1F. The second-order valence-electron chi connectivity index (χ2n) is 5.23. The molecule has 0 amide bonds. The van der Waals surface area contributed by atoms with E-state index in [9.17, 15) is 8.78 Å². The Balaban J connectivity index is 2.11. The second-order valence-corrected chi connectivity index (χ2v) is 5.23. The monoisotopic (exact) mass is 307 g/mol. The van der Waals surface area contributed by atoms with Crippen LogP contribution in [0.5, 0.6) is 0 Å². The van der Waals surface area contributed by atoms with Crippen LogP contribution in [0.1, 0.15) is 24.9 Å².